The third-order valence-corrected chi connectivity index (χ3v) is 4.60. The number of anilines is 1. The van der Waals surface area contributed by atoms with Gasteiger partial charge in [-0.05, 0) is 55.8 Å². The predicted molar refractivity (Wildman–Crippen MR) is 99.4 cm³/mol. The molecule has 0 spiro atoms. The molecule has 1 amide bonds. The van der Waals surface area contributed by atoms with Crippen LogP contribution in [0.1, 0.15) is 38.2 Å². The van der Waals surface area contributed by atoms with Gasteiger partial charge < -0.3 is 11.1 Å². The van der Waals surface area contributed by atoms with E-state index in [2.05, 4.69) is 29.3 Å². The van der Waals surface area contributed by atoms with Gasteiger partial charge in [0.15, 0.2) is 0 Å². The van der Waals surface area contributed by atoms with Crippen molar-refractivity contribution in [3.8, 4) is 0 Å². The molecule has 0 bridgehead atoms. The molecule has 1 saturated heterocycles. The molecule has 4 nitrogen and oxygen atoms in total. The van der Waals surface area contributed by atoms with Crippen LogP contribution in [0.5, 0.6) is 0 Å². The standard InChI is InChI=1S/C17H25N3O.2ClH/c1-13-3-2-10-20(11-13)12-14-4-6-15(7-5-14)19-16(21)17(18)8-9-17;;/h4-7,13H,2-3,8-12,18H2,1H3,(H,19,21);2*1H. The molecule has 1 heterocycles. The molecule has 1 atom stereocenters. The molecule has 3 rings (SSSR count). The van der Waals surface area contributed by atoms with E-state index in [0.29, 0.717) is 0 Å². The molecule has 6 heteroatoms. The monoisotopic (exact) mass is 359 g/mol. The zero-order valence-electron chi connectivity index (χ0n) is 13.6. The second-order valence-corrected chi connectivity index (χ2v) is 6.79. The number of halogens is 2. The molecule has 130 valence electrons. The van der Waals surface area contributed by atoms with Gasteiger partial charge in [0.25, 0.3) is 0 Å². The fourth-order valence-corrected chi connectivity index (χ4v) is 3.00. The Balaban J connectivity index is 0.00000132. The number of hydrogen-bond acceptors (Lipinski definition) is 3. The molecule has 1 unspecified atom stereocenters. The molecular weight excluding hydrogens is 333 g/mol. The molecule has 1 aliphatic carbocycles. The molecule has 0 aromatic heterocycles. The van der Waals surface area contributed by atoms with Gasteiger partial charge in [-0.25, -0.2) is 0 Å². The first-order valence-corrected chi connectivity index (χ1v) is 7.97. The lowest BCUT2D eigenvalue weighted by Gasteiger charge is -2.30. The van der Waals surface area contributed by atoms with Crippen LogP contribution in [0.2, 0.25) is 0 Å². The van der Waals surface area contributed by atoms with E-state index in [1.54, 1.807) is 0 Å². The van der Waals surface area contributed by atoms with Gasteiger partial charge in [0.05, 0.1) is 5.54 Å². The van der Waals surface area contributed by atoms with Crippen LogP contribution >= 0.6 is 24.8 Å². The maximum Gasteiger partial charge on any atom is 0.244 e. The summed E-state index contributed by atoms with van der Waals surface area (Å²) in [5.74, 6) is 0.747. The summed E-state index contributed by atoms with van der Waals surface area (Å²) >= 11 is 0. The number of hydrogen-bond donors (Lipinski definition) is 2. The van der Waals surface area contributed by atoms with Crippen LogP contribution in [0, 0.1) is 5.92 Å². The van der Waals surface area contributed by atoms with Gasteiger partial charge in [0.2, 0.25) is 5.91 Å². The normalized spacial score (nSPS) is 22.4. The van der Waals surface area contributed by atoms with Crippen molar-refractivity contribution in [1.82, 2.24) is 4.90 Å². The highest BCUT2D eigenvalue weighted by Gasteiger charge is 2.45. The number of amides is 1. The Kier molecular flexibility index (Phi) is 7.33. The van der Waals surface area contributed by atoms with Crippen LogP contribution in [-0.4, -0.2) is 29.4 Å². The van der Waals surface area contributed by atoms with Gasteiger partial charge in [0, 0.05) is 18.8 Å². The Bertz CT molecular complexity index is 517. The Morgan fingerprint density at radius 1 is 1.30 bits per heavy atom. The van der Waals surface area contributed by atoms with Crippen molar-refractivity contribution in [2.75, 3.05) is 18.4 Å². The smallest absolute Gasteiger partial charge is 0.244 e. The second kappa shape index (κ2) is 8.34. The highest BCUT2D eigenvalue weighted by Crippen LogP contribution is 2.33. The van der Waals surface area contributed by atoms with Gasteiger partial charge in [-0.1, -0.05) is 19.1 Å². The van der Waals surface area contributed by atoms with Crippen molar-refractivity contribution in [3.63, 3.8) is 0 Å². The number of nitrogens with zero attached hydrogens (tertiary/aromatic N) is 1. The van der Waals surface area contributed by atoms with Crippen molar-refractivity contribution in [2.45, 2.75) is 44.7 Å². The molecule has 1 aromatic rings. The number of rotatable bonds is 4. The molecular formula is C17H27Cl2N3O. The molecule has 1 aliphatic heterocycles. The molecule has 0 radical (unpaired) electrons. The van der Waals surface area contributed by atoms with E-state index in [9.17, 15) is 4.79 Å². The lowest BCUT2D eigenvalue weighted by molar-refractivity contribution is -0.118. The van der Waals surface area contributed by atoms with Crippen LogP contribution in [0.3, 0.4) is 0 Å². The van der Waals surface area contributed by atoms with Crippen LogP contribution in [0.15, 0.2) is 24.3 Å². The van der Waals surface area contributed by atoms with Gasteiger partial charge in [-0.15, -0.1) is 24.8 Å². The molecule has 1 aromatic carbocycles. The van der Waals surface area contributed by atoms with E-state index >= 15 is 0 Å². The van der Waals surface area contributed by atoms with E-state index in [-0.39, 0.29) is 30.7 Å². The number of carbonyl (C=O) groups is 1. The summed E-state index contributed by atoms with van der Waals surface area (Å²) in [4.78, 5) is 14.4. The summed E-state index contributed by atoms with van der Waals surface area (Å²) in [7, 11) is 0. The maximum absolute atomic E-state index is 11.9. The maximum atomic E-state index is 11.9. The second-order valence-electron chi connectivity index (χ2n) is 6.79. The Morgan fingerprint density at radius 2 is 1.96 bits per heavy atom. The lowest BCUT2D eigenvalue weighted by atomic mass is 10.00. The summed E-state index contributed by atoms with van der Waals surface area (Å²) in [5, 5.41) is 2.90. The van der Waals surface area contributed by atoms with E-state index < -0.39 is 5.54 Å². The molecule has 2 aliphatic rings. The average molecular weight is 360 g/mol. The molecule has 2 fully saturated rings. The van der Waals surface area contributed by atoms with Crippen LogP contribution in [-0.2, 0) is 11.3 Å². The number of nitrogens with two attached hydrogens (primary N) is 1. The summed E-state index contributed by atoms with van der Waals surface area (Å²) in [6.45, 7) is 5.71. The Labute approximate surface area is 151 Å². The largest absolute Gasteiger partial charge is 0.324 e. The van der Waals surface area contributed by atoms with E-state index in [1.807, 2.05) is 12.1 Å². The van der Waals surface area contributed by atoms with Crippen molar-refractivity contribution >= 4 is 36.4 Å². The van der Waals surface area contributed by atoms with Gasteiger partial charge in [-0.3, -0.25) is 9.69 Å². The average Bonchev–Trinajstić information content (AvgIpc) is 3.20. The summed E-state index contributed by atoms with van der Waals surface area (Å²) < 4.78 is 0. The summed E-state index contributed by atoms with van der Waals surface area (Å²) in [5.41, 5.74) is 7.42. The zero-order chi connectivity index (χ0) is 14.9. The molecule has 1 saturated carbocycles. The summed E-state index contributed by atoms with van der Waals surface area (Å²) in [6.07, 6.45) is 4.24. The van der Waals surface area contributed by atoms with Crippen molar-refractivity contribution in [1.29, 1.82) is 0 Å². The lowest BCUT2D eigenvalue weighted by Crippen LogP contribution is -2.37. The Hall–Kier alpha value is -0.810. The minimum atomic E-state index is -0.609. The zero-order valence-corrected chi connectivity index (χ0v) is 15.2. The highest BCUT2D eigenvalue weighted by atomic mass is 35.5. The van der Waals surface area contributed by atoms with Crippen LogP contribution < -0.4 is 11.1 Å². The summed E-state index contributed by atoms with van der Waals surface area (Å²) in [6, 6.07) is 8.16. The first kappa shape index (κ1) is 20.2. The minimum Gasteiger partial charge on any atom is -0.324 e. The minimum absolute atomic E-state index is 0. The Morgan fingerprint density at radius 3 is 2.52 bits per heavy atom. The van der Waals surface area contributed by atoms with E-state index in [4.69, 9.17) is 5.73 Å². The van der Waals surface area contributed by atoms with Gasteiger partial charge in [-0.2, -0.15) is 0 Å². The number of nitrogens with one attached hydrogen (secondary N) is 1. The van der Waals surface area contributed by atoms with Gasteiger partial charge >= 0.3 is 0 Å². The van der Waals surface area contributed by atoms with Crippen molar-refractivity contribution < 1.29 is 4.79 Å². The fraction of sp³-hybridized carbons (Fsp3) is 0.588. The quantitative estimate of drug-likeness (QED) is 0.867. The fourth-order valence-electron chi connectivity index (χ4n) is 3.00. The highest BCUT2D eigenvalue weighted by molar-refractivity contribution is 6.00. The SMILES string of the molecule is CC1CCCN(Cc2ccc(NC(=O)C3(N)CC3)cc2)C1.Cl.Cl. The van der Waals surface area contributed by atoms with Crippen LogP contribution in [0.25, 0.3) is 0 Å². The molecule has 3 N–H and O–H groups in total. The van der Waals surface area contributed by atoms with E-state index in [1.165, 1.54) is 31.5 Å². The topological polar surface area (TPSA) is 58.4 Å². The van der Waals surface area contributed by atoms with Crippen molar-refractivity contribution in [2.24, 2.45) is 11.7 Å². The number of carbonyl (C=O) groups excluding carboxylic acids is 1. The number of likely N-dealkylation sites (tertiary alicyclic amines) is 1. The van der Waals surface area contributed by atoms with Crippen molar-refractivity contribution in [3.05, 3.63) is 29.8 Å². The predicted octanol–water partition coefficient (Wildman–Crippen LogP) is 3.19. The third kappa shape index (κ3) is 5.35. The van der Waals surface area contributed by atoms with E-state index in [0.717, 1.165) is 31.0 Å². The number of piperidine rings is 1. The van der Waals surface area contributed by atoms with Gasteiger partial charge in [0.1, 0.15) is 0 Å². The first-order valence-electron chi connectivity index (χ1n) is 7.97. The first-order chi connectivity index (χ1) is 10.0. The third-order valence-electron chi connectivity index (χ3n) is 4.60. The van der Waals surface area contributed by atoms with Crippen LogP contribution in [0.4, 0.5) is 5.69 Å². The number of benzene rings is 1. The molecule has 23 heavy (non-hydrogen) atoms.